The van der Waals surface area contributed by atoms with E-state index < -0.39 is 0 Å². The highest BCUT2D eigenvalue weighted by Gasteiger charge is 2.39. The molecule has 2 fully saturated rings. The van der Waals surface area contributed by atoms with E-state index >= 15 is 0 Å². The topological polar surface area (TPSA) is 20.3 Å². The van der Waals surface area contributed by atoms with Crippen molar-refractivity contribution >= 4 is 5.78 Å². The number of likely N-dealkylation sites (tertiary alicyclic amines) is 1. The zero-order valence-electron chi connectivity index (χ0n) is 7.92. The van der Waals surface area contributed by atoms with Gasteiger partial charge in [-0.15, -0.1) is 0 Å². The van der Waals surface area contributed by atoms with Crippen LogP contribution in [-0.4, -0.2) is 30.3 Å². The first-order valence-corrected chi connectivity index (χ1v) is 4.91. The van der Waals surface area contributed by atoms with Crippen molar-refractivity contribution in [3.05, 3.63) is 0 Å². The molecular weight excluding hydrogens is 150 g/mol. The van der Waals surface area contributed by atoms with Crippen LogP contribution in [0.3, 0.4) is 0 Å². The summed E-state index contributed by atoms with van der Waals surface area (Å²) in [7, 11) is 2.15. The fourth-order valence-electron chi connectivity index (χ4n) is 2.68. The number of rotatable bonds is 0. The van der Waals surface area contributed by atoms with Crippen LogP contribution < -0.4 is 0 Å². The number of ketones is 1. The van der Waals surface area contributed by atoms with Gasteiger partial charge in [0.15, 0.2) is 0 Å². The molecule has 2 rings (SSSR count). The first-order valence-electron chi connectivity index (χ1n) is 4.91. The maximum absolute atomic E-state index is 11.5. The van der Waals surface area contributed by atoms with Crippen LogP contribution >= 0.6 is 0 Å². The summed E-state index contributed by atoms with van der Waals surface area (Å²) in [5.41, 5.74) is 0. The summed E-state index contributed by atoms with van der Waals surface area (Å²) >= 11 is 0. The molecule has 1 saturated carbocycles. The Morgan fingerprint density at radius 2 is 2.25 bits per heavy atom. The Morgan fingerprint density at radius 1 is 1.50 bits per heavy atom. The smallest absolute Gasteiger partial charge is 0.137 e. The summed E-state index contributed by atoms with van der Waals surface area (Å²) in [4.78, 5) is 13.8. The van der Waals surface area contributed by atoms with Gasteiger partial charge in [0, 0.05) is 18.4 Å². The lowest BCUT2D eigenvalue weighted by Crippen LogP contribution is -2.38. The Hall–Kier alpha value is -0.370. The Labute approximate surface area is 73.9 Å². The fraction of sp³-hybridized carbons (Fsp3) is 0.900. The van der Waals surface area contributed by atoms with Gasteiger partial charge in [-0.3, -0.25) is 4.79 Å². The summed E-state index contributed by atoms with van der Waals surface area (Å²) < 4.78 is 0. The van der Waals surface area contributed by atoms with E-state index in [0.717, 1.165) is 18.8 Å². The number of nitrogens with zero attached hydrogens (tertiary/aromatic N) is 1. The quantitative estimate of drug-likeness (QED) is 0.542. The molecule has 0 amide bonds. The molecule has 0 aromatic heterocycles. The Morgan fingerprint density at radius 3 is 3.00 bits per heavy atom. The molecule has 2 aliphatic rings. The lowest BCUT2D eigenvalue weighted by Gasteiger charge is -2.31. The molecule has 2 nitrogen and oxygen atoms in total. The summed E-state index contributed by atoms with van der Waals surface area (Å²) in [6, 6.07) is 0.577. The van der Waals surface area contributed by atoms with Crippen LogP contribution in [0.25, 0.3) is 0 Å². The van der Waals surface area contributed by atoms with E-state index in [1.54, 1.807) is 0 Å². The largest absolute Gasteiger partial charge is 0.303 e. The number of carbonyl (C=O) groups is 1. The zero-order valence-corrected chi connectivity index (χ0v) is 7.92. The van der Waals surface area contributed by atoms with Crippen molar-refractivity contribution in [3.63, 3.8) is 0 Å². The molecule has 3 atom stereocenters. The van der Waals surface area contributed by atoms with Crippen molar-refractivity contribution in [3.8, 4) is 0 Å². The monoisotopic (exact) mass is 167 g/mol. The molecule has 12 heavy (non-hydrogen) atoms. The maximum atomic E-state index is 11.5. The minimum Gasteiger partial charge on any atom is -0.303 e. The normalized spacial score (nSPS) is 43.2. The van der Waals surface area contributed by atoms with Crippen LogP contribution in [0.1, 0.15) is 26.2 Å². The summed E-state index contributed by atoms with van der Waals surface area (Å²) in [5.74, 6) is 1.62. The molecule has 1 heterocycles. The maximum Gasteiger partial charge on any atom is 0.137 e. The van der Waals surface area contributed by atoms with E-state index in [9.17, 15) is 4.79 Å². The second-order valence-corrected chi connectivity index (χ2v) is 4.40. The molecular formula is C10H17NO. The summed E-state index contributed by atoms with van der Waals surface area (Å²) in [6.07, 6.45) is 3.24. The van der Waals surface area contributed by atoms with E-state index in [1.807, 2.05) is 0 Å². The molecule has 0 radical (unpaired) electrons. The lowest BCUT2D eigenvalue weighted by molar-refractivity contribution is -0.126. The number of carbonyl (C=O) groups excluding carboxylic acids is 1. The first kappa shape index (κ1) is 8.24. The molecule has 1 aliphatic heterocycles. The van der Waals surface area contributed by atoms with Crippen LogP contribution in [0, 0.1) is 11.8 Å². The minimum atomic E-state index is 0.331. The number of Topliss-reactive ketones (excluding diaryl/α,β-unsaturated/α-hetero) is 1. The van der Waals surface area contributed by atoms with Gasteiger partial charge in [-0.2, -0.15) is 0 Å². The lowest BCUT2D eigenvalue weighted by atomic mass is 9.78. The molecule has 68 valence electrons. The number of hydrogen-bond acceptors (Lipinski definition) is 2. The van der Waals surface area contributed by atoms with Gasteiger partial charge < -0.3 is 4.90 Å². The molecule has 0 N–H and O–H groups in total. The van der Waals surface area contributed by atoms with E-state index in [0.29, 0.717) is 17.7 Å². The predicted octanol–water partition coefficient (Wildman–Crippen LogP) is 1.31. The van der Waals surface area contributed by atoms with Gasteiger partial charge in [0.05, 0.1) is 0 Å². The van der Waals surface area contributed by atoms with E-state index in [1.165, 1.54) is 13.0 Å². The van der Waals surface area contributed by atoms with Gasteiger partial charge in [0.2, 0.25) is 0 Å². The van der Waals surface area contributed by atoms with Crippen LogP contribution in [-0.2, 0) is 4.79 Å². The van der Waals surface area contributed by atoms with Crippen LogP contribution in [0.2, 0.25) is 0 Å². The number of fused-ring (bicyclic) bond motifs is 1. The van der Waals surface area contributed by atoms with Crippen molar-refractivity contribution < 1.29 is 4.79 Å². The Kier molecular flexibility index (Phi) is 1.95. The average molecular weight is 167 g/mol. The van der Waals surface area contributed by atoms with Crippen molar-refractivity contribution in [1.82, 2.24) is 4.90 Å². The SMILES string of the molecule is CC1CC2CCN(C)C2CC1=O. The van der Waals surface area contributed by atoms with Gasteiger partial charge in [-0.1, -0.05) is 6.92 Å². The molecule has 0 bridgehead atoms. The van der Waals surface area contributed by atoms with Crippen molar-refractivity contribution in [2.24, 2.45) is 11.8 Å². The third kappa shape index (κ3) is 1.18. The number of hydrogen-bond donors (Lipinski definition) is 0. The standard InChI is InChI=1S/C10H17NO/c1-7-5-8-3-4-11(2)9(8)6-10(7)12/h7-9H,3-6H2,1-2H3. The second-order valence-electron chi connectivity index (χ2n) is 4.40. The zero-order chi connectivity index (χ0) is 8.72. The first-order chi connectivity index (χ1) is 5.68. The minimum absolute atomic E-state index is 0.331. The van der Waals surface area contributed by atoms with Gasteiger partial charge in [-0.25, -0.2) is 0 Å². The van der Waals surface area contributed by atoms with Crippen LogP contribution in [0.15, 0.2) is 0 Å². The third-order valence-electron chi connectivity index (χ3n) is 3.58. The molecule has 0 spiro atoms. The van der Waals surface area contributed by atoms with Crippen LogP contribution in [0.4, 0.5) is 0 Å². The van der Waals surface area contributed by atoms with E-state index in [-0.39, 0.29) is 0 Å². The van der Waals surface area contributed by atoms with Gasteiger partial charge in [0.25, 0.3) is 0 Å². The summed E-state index contributed by atoms with van der Waals surface area (Å²) in [5, 5.41) is 0. The highest BCUT2D eigenvalue weighted by molar-refractivity contribution is 5.82. The third-order valence-corrected chi connectivity index (χ3v) is 3.58. The van der Waals surface area contributed by atoms with Crippen LogP contribution in [0.5, 0.6) is 0 Å². The van der Waals surface area contributed by atoms with Gasteiger partial charge >= 0.3 is 0 Å². The van der Waals surface area contributed by atoms with Crippen molar-refractivity contribution in [2.45, 2.75) is 32.2 Å². The second kappa shape index (κ2) is 2.84. The molecule has 3 unspecified atom stereocenters. The molecule has 0 aromatic carbocycles. The van der Waals surface area contributed by atoms with E-state index in [2.05, 4.69) is 18.9 Å². The predicted molar refractivity (Wildman–Crippen MR) is 47.9 cm³/mol. The van der Waals surface area contributed by atoms with Gasteiger partial charge in [-0.05, 0) is 32.4 Å². The Balaban J connectivity index is 2.09. The van der Waals surface area contributed by atoms with Crippen molar-refractivity contribution in [2.75, 3.05) is 13.6 Å². The van der Waals surface area contributed by atoms with Crippen molar-refractivity contribution in [1.29, 1.82) is 0 Å². The Bertz CT molecular complexity index is 202. The molecule has 0 aromatic rings. The summed E-state index contributed by atoms with van der Waals surface area (Å²) in [6.45, 7) is 3.27. The highest BCUT2D eigenvalue weighted by atomic mass is 16.1. The average Bonchev–Trinajstić information content (AvgIpc) is 2.35. The highest BCUT2D eigenvalue weighted by Crippen LogP contribution is 2.36. The van der Waals surface area contributed by atoms with E-state index in [4.69, 9.17) is 0 Å². The molecule has 2 heteroatoms. The fourth-order valence-corrected chi connectivity index (χ4v) is 2.68. The molecule has 1 aliphatic carbocycles. The molecule has 1 saturated heterocycles. The van der Waals surface area contributed by atoms with Gasteiger partial charge in [0.1, 0.15) is 5.78 Å².